The lowest BCUT2D eigenvalue weighted by molar-refractivity contribution is 0.296. The summed E-state index contributed by atoms with van der Waals surface area (Å²) in [4.78, 5) is 2.15. The summed E-state index contributed by atoms with van der Waals surface area (Å²) in [6.07, 6.45) is 3.69. The maximum absolute atomic E-state index is 5.86. The molecular formula is C9H18N4. The molecule has 1 heterocycles. The van der Waals surface area contributed by atoms with Crippen LogP contribution in [0.15, 0.2) is 23.7 Å². The van der Waals surface area contributed by atoms with Crippen molar-refractivity contribution < 1.29 is 0 Å². The zero-order valence-corrected chi connectivity index (χ0v) is 8.09. The SMILES string of the molecule is C/C(N)=C/C=C(\N)N1CCNCC1. The molecule has 1 fully saturated rings. The molecule has 74 valence electrons. The number of hydrogen-bond acceptors (Lipinski definition) is 4. The van der Waals surface area contributed by atoms with Gasteiger partial charge in [0, 0.05) is 31.9 Å². The first-order valence-electron chi connectivity index (χ1n) is 4.55. The van der Waals surface area contributed by atoms with Gasteiger partial charge in [-0.15, -0.1) is 0 Å². The van der Waals surface area contributed by atoms with Gasteiger partial charge in [-0.2, -0.15) is 0 Å². The van der Waals surface area contributed by atoms with Crippen LogP contribution in [0.4, 0.5) is 0 Å². The Hall–Kier alpha value is -1.16. The van der Waals surface area contributed by atoms with E-state index in [2.05, 4.69) is 10.2 Å². The van der Waals surface area contributed by atoms with E-state index < -0.39 is 0 Å². The Morgan fingerprint density at radius 1 is 1.23 bits per heavy atom. The summed E-state index contributed by atoms with van der Waals surface area (Å²) in [7, 11) is 0. The van der Waals surface area contributed by atoms with Gasteiger partial charge in [0.2, 0.25) is 0 Å². The van der Waals surface area contributed by atoms with Crippen LogP contribution < -0.4 is 16.8 Å². The summed E-state index contributed by atoms with van der Waals surface area (Å²) in [6.45, 7) is 5.79. The molecule has 0 atom stereocenters. The van der Waals surface area contributed by atoms with Gasteiger partial charge < -0.3 is 21.7 Å². The Bertz CT molecular complexity index is 210. The van der Waals surface area contributed by atoms with Crippen LogP contribution in [0.25, 0.3) is 0 Å². The molecular weight excluding hydrogens is 164 g/mol. The predicted molar refractivity (Wildman–Crippen MR) is 54.7 cm³/mol. The van der Waals surface area contributed by atoms with E-state index in [1.165, 1.54) is 0 Å². The molecule has 4 nitrogen and oxygen atoms in total. The lowest BCUT2D eigenvalue weighted by atomic mass is 10.3. The third kappa shape index (κ3) is 3.38. The van der Waals surface area contributed by atoms with Crippen LogP contribution in [0.2, 0.25) is 0 Å². The van der Waals surface area contributed by atoms with E-state index in [0.717, 1.165) is 37.7 Å². The number of rotatable bonds is 2. The molecule has 0 aromatic heterocycles. The van der Waals surface area contributed by atoms with Crippen molar-refractivity contribution >= 4 is 0 Å². The maximum Gasteiger partial charge on any atom is 0.0987 e. The van der Waals surface area contributed by atoms with Crippen molar-refractivity contribution in [2.45, 2.75) is 6.92 Å². The number of allylic oxidation sites excluding steroid dienone is 3. The number of piperazine rings is 1. The first-order valence-corrected chi connectivity index (χ1v) is 4.55. The molecule has 1 rings (SSSR count). The third-order valence-corrected chi connectivity index (χ3v) is 2.00. The molecule has 1 aliphatic rings. The lowest BCUT2D eigenvalue weighted by Crippen LogP contribution is -2.44. The molecule has 1 saturated heterocycles. The van der Waals surface area contributed by atoms with E-state index in [0.29, 0.717) is 0 Å². The average Bonchev–Trinajstić information content (AvgIpc) is 2.15. The normalized spacial score (nSPS) is 20.5. The topological polar surface area (TPSA) is 67.3 Å². The molecule has 0 amide bonds. The highest BCUT2D eigenvalue weighted by atomic mass is 15.2. The first-order chi connectivity index (χ1) is 6.20. The zero-order chi connectivity index (χ0) is 9.68. The highest BCUT2D eigenvalue weighted by molar-refractivity contribution is 5.12. The lowest BCUT2D eigenvalue weighted by Gasteiger charge is -2.29. The molecule has 0 radical (unpaired) electrons. The van der Waals surface area contributed by atoms with E-state index >= 15 is 0 Å². The largest absolute Gasteiger partial charge is 0.402 e. The van der Waals surface area contributed by atoms with E-state index in [1.54, 1.807) is 0 Å². The van der Waals surface area contributed by atoms with Gasteiger partial charge in [0.25, 0.3) is 0 Å². The van der Waals surface area contributed by atoms with E-state index in [1.807, 2.05) is 19.1 Å². The second-order valence-corrected chi connectivity index (χ2v) is 3.24. The van der Waals surface area contributed by atoms with E-state index in [-0.39, 0.29) is 0 Å². The van der Waals surface area contributed by atoms with Gasteiger partial charge >= 0.3 is 0 Å². The Labute approximate surface area is 79.3 Å². The average molecular weight is 182 g/mol. The Balaban J connectivity index is 2.49. The van der Waals surface area contributed by atoms with Crippen molar-refractivity contribution in [2.75, 3.05) is 26.2 Å². The van der Waals surface area contributed by atoms with Crippen LogP contribution in [-0.2, 0) is 0 Å². The summed E-state index contributed by atoms with van der Waals surface area (Å²) in [5.41, 5.74) is 12.1. The van der Waals surface area contributed by atoms with Crippen LogP contribution in [0, 0.1) is 0 Å². The molecule has 0 unspecified atom stereocenters. The summed E-state index contributed by atoms with van der Waals surface area (Å²) in [5, 5.41) is 3.27. The van der Waals surface area contributed by atoms with Gasteiger partial charge in [0.15, 0.2) is 0 Å². The second-order valence-electron chi connectivity index (χ2n) is 3.24. The predicted octanol–water partition coefficient (Wildman–Crippen LogP) is -0.446. The zero-order valence-electron chi connectivity index (χ0n) is 8.09. The molecule has 4 heteroatoms. The van der Waals surface area contributed by atoms with Crippen LogP contribution in [-0.4, -0.2) is 31.1 Å². The second kappa shape index (κ2) is 4.77. The van der Waals surface area contributed by atoms with Crippen molar-refractivity contribution in [3.8, 4) is 0 Å². The molecule has 1 aliphatic heterocycles. The van der Waals surface area contributed by atoms with Crippen molar-refractivity contribution in [3.05, 3.63) is 23.7 Å². The molecule has 0 bridgehead atoms. The fourth-order valence-electron chi connectivity index (χ4n) is 1.25. The molecule has 0 saturated carbocycles. The summed E-state index contributed by atoms with van der Waals surface area (Å²) >= 11 is 0. The highest BCUT2D eigenvalue weighted by Crippen LogP contribution is 1.99. The molecule has 0 aromatic carbocycles. The van der Waals surface area contributed by atoms with Gasteiger partial charge in [-0.05, 0) is 19.1 Å². The summed E-state index contributed by atoms with van der Waals surface area (Å²) in [5.74, 6) is 0.798. The van der Waals surface area contributed by atoms with Gasteiger partial charge in [-0.1, -0.05) is 0 Å². The van der Waals surface area contributed by atoms with Crippen LogP contribution >= 0.6 is 0 Å². The number of nitrogens with zero attached hydrogens (tertiary/aromatic N) is 1. The Morgan fingerprint density at radius 2 is 1.85 bits per heavy atom. The monoisotopic (exact) mass is 182 g/mol. The van der Waals surface area contributed by atoms with Crippen molar-refractivity contribution in [2.24, 2.45) is 11.5 Å². The van der Waals surface area contributed by atoms with Crippen molar-refractivity contribution in [3.63, 3.8) is 0 Å². The quantitative estimate of drug-likeness (QED) is 0.506. The number of hydrogen-bond donors (Lipinski definition) is 3. The van der Waals surface area contributed by atoms with Crippen LogP contribution in [0.5, 0.6) is 0 Å². The number of nitrogens with one attached hydrogen (secondary N) is 1. The van der Waals surface area contributed by atoms with Crippen molar-refractivity contribution in [1.29, 1.82) is 0 Å². The van der Waals surface area contributed by atoms with Crippen LogP contribution in [0.1, 0.15) is 6.92 Å². The summed E-state index contributed by atoms with van der Waals surface area (Å²) < 4.78 is 0. The first kappa shape index (κ1) is 9.92. The van der Waals surface area contributed by atoms with Gasteiger partial charge in [-0.3, -0.25) is 0 Å². The minimum absolute atomic E-state index is 0.776. The molecule has 0 aliphatic carbocycles. The molecule has 0 spiro atoms. The van der Waals surface area contributed by atoms with Crippen molar-refractivity contribution in [1.82, 2.24) is 10.2 Å². The standard InChI is InChI=1S/C9H18N4/c1-8(10)2-3-9(11)13-6-4-12-5-7-13/h2-3,12H,4-7,10-11H2,1H3/b8-2-,9-3+. The Kier molecular flexibility index (Phi) is 3.64. The minimum Gasteiger partial charge on any atom is -0.402 e. The van der Waals surface area contributed by atoms with E-state index in [9.17, 15) is 0 Å². The fraction of sp³-hybridized carbons (Fsp3) is 0.556. The maximum atomic E-state index is 5.86. The van der Waals surface area contributed by atoms with Gasteiger partial charge in [-0.25, -0.2) is 0 Å². The smallest absolute Gasteiger partial charge is 0.0987 e. The Morgan fingerprint density at radius 3 is 2.38 bits per heavy atom. The minimum atomic E-state index is 0.776. The molecule has 13 heavy (non-hydrogen) atoms. The van der Waals surface area contributed by atoms with Gasteiger partial charge in [0.1, 0.15) is 0 Å². The highest BCUT2D eigenvalue weighted by Gasteiger charge is 2.08. The van der Waals surface area contributed by atoms with Gasteiger partial charge in [0.05, 0.1) is 5.82 Å². The fourth-order valence-corrected chi connectivity index (χ4v) is 1.25. The van der Waals surface area contributed by atoms with E-state index in [4.69, 9.17) is 11.5 Å². The molecule has 0 aromatic rings. The van der Waals surface area contributed by atoms with Crippen LogP contribution in [0.3, 0.4) is 0 Å². The summed E-state index contributed by atoms with van der Waals surface area (Å²) in [6, 6.07) is 0. The third-order valence-electron chi connectivity index (χ3n) is 2.00. The molecule has 5 N–H and O–H groups in total. The number of nitrogens with two attached hydrogens (primary N) is 2.